The molecule has 11 nitrogen and oxygen atoms in total. The molecular weight excluding hydrogens is 358 g/mol. The molecule has 0 aliphatic heterocycles. The van der Waals surface area contributed by atoms with Gasteiger partial charge in [0.1, 0.15) is 18.1 Å². The van der Waals surface area contributed by atoms with Crippen LogP contribution in [0.25, 0.3) is 0 Å². The lowest BCUT2D eigenvalue weighted by molar-refractivity contribution is -0.143. The number of hydrogen-bond acceptors (Lipinski definition) is 7. The van der Waals surface area contributed by atoms with Crippen molar-refractivity contribution in [2.45, 2.75) is 43.8 Å². The summed E-state index contributed by atoms with van der Waals surface area (Å²) < 4.78 is 0. The molecule has 0 saturated heterocycles. The average molecular weight is 379 g/mol. The molecule has 0 unspecified atom stereocenters. The van der Waals surface area contributed by atoms with E-state index in [0.29, 0.717) is 0 Å². The molecule has 0 aromatic rings. The van der Waals surface area contributed by atoms with Crippen molar-refractivity contribution in [3.63, 3.8) is 0 Å². The SMILES string of the molecule is N[C@@H](CCC(=O)N[C@@H](CCC(=O)N[C@@H](CS)C(=O)O)C(=O)O)C(=O)O. The number of nitrogens with two attached hydrogens (primary N) is 1. The topological polar surface area (TPSA) is 196 Å². The summed E-state index contributed by atoms with van der Waals surface area (Å²) in [4.78, 5) is 55.7. The Balaban J connectivity index is 4.44. The Bertz CT molecular complexity index is 527. The second-order valence-corrected chi connectivity index (χ2v) is 5.49. The third-order valence-corrected chi connectivity index (χ3v) is 3.47. The van der Waals surface area contributed by atoms with E-state index in [9.17, 15) is 24.0 Å². The zero-order chi connectivity index (χ0) is 19.6. The summed E-state index contributed by atoms with van der Waals surface area (Å²) >= 11 is 3.77. The summed E-state index contributed by atoms with van der Waals surface area (Å²) in [5, 5.41) is 30.7. The maximum absolute atomic E-state index is 11.6. The van der Waals surface area contributed by atoms with Gasteiger partial charge in [-0.3, -0.25) is 14.4 Å². The van der Waals surface area contributed by atoms with Crippen molar-refractivity contribution in [1.82, 2.24) is 10.6 Å². The normalized spacial score (nSPS) is 14.0. The standard InChI is InChI=1S/C13H21N3O8S/c14-6(11(19)20)1-3-9(17)15-7(12(21)22)2-4-10(18)16-8(5-25)13(23)24/h6-8,25H,1-5,14H2,(H,15,17)(H,16,18)(H,19,20)(H,21,22)(H,23,24)/t6-,7-,8-/m0/s1. The quantitative estimate of drug-likeness (QED) is 0.188. The number of carboxylic acids is 3. The monoisotopic (exact) mass is 379 g/mol. The molecule has 0 bridgehead atoms. The lowest BCUT2D eigenvalue weighted by Crippen LogP contribution is -2.44. The third kappa shape index (κ3) is 9.52. The van der Waals surface area contributed by atoms with Crippen molar-refractivity contribution in [1.29, 1.82) is 0 Å². The zero-order valence-electron chi connectivity index (χ0n) is 13.2. The van der Waals surface area contributed by atoms with Crippen LogP contribution in [0, 0.1) is 0 Å². The Morgan fingerprint density at radius 3 is 1.64 bits per heavy atom. The Morgan fingerprint density at radius 2 is 1.24 bits per heavy atom. The number of aliphatic carboxylic acids is 3. The second kappa shape index (κ2) is 11.3. The number of rotatable bonds is 12. The Hall–Kier alpha value is -2.34. The molecular formula is C13H21N3O8S. The number of carbonyl (C=O) groups excluding carboxylic acids is 2. The fourth-order valence-electron chi connectivity index (χ4n) is 1.66. The fourth-order valence-corrected chi connectivity index (χ4v) is 1.91. The minimum absolute atomic E-state index is 0.135. The first-order valence-corrected chi connectivity index (χ1v) is 7.85. The van der Waals surface area contributed by atoms with Gasteiger partial charge >= 0.3 is 17.9 Å². The maximum atomic E-state index is 11.6. The first kappa shape index (κ1) is 22.7. The van der Waals surface area contributed by atoms with Crippen LogP contribution in [0.3, 0.4) is 0 Å². The van der Waals surface area contributed by atoms with E-state index in [4.69, 9.17) is 21.1 Å². The van der Waals surface area contributed by atoms with Crippen LogP contribution in [-0.2, 0) is 24.0 Å². The molecule has 2 amide bonds. The van der Waals surface area contributed by atoms with E-state index in [0.717, 1.165) is 0 Å². The van der Waals surface area contributed by atoms with Crippen LogP contribution < -0.4 is 16.4 Å². The molecule has 12 heteroatoms. The van der Waals surface area contributed by atoms with Crippen molar-refractivity contribution in [3.05, 3.63) is 0 Å². The molecule has 0 aliphatic rings. The number of thiol groups is 1. The largest absolute Gasteiger partial charge is 0.480 e. The van der Waals surface area contributed by atoms with Crippen LogP contribution in [0.5, 0.6) is 0 Å². The van der Waals surface area contributed by atoms with E-state index in [1.165, 1.54) is 0 Å². The summed E-state index contributed by atoms with van der Waals surface area (Å²) in [5.41, 5.74) is 5.23. The molecule has 0 fully saturated rings. The zero-order valence-corrected chi connectivity index (χ0v) is 14.1. The summed E-state index contributed by atoms with van der Waals surface area (Å²) in [5.74, 6) is -5.49. The van der Waals surface area contributed by atoms with Gasteiger partial charge in [0.15, 0.2) is 0 Å². The molecule has 0 heterocycles. The minimum atomic E-state index is -1.38. The van der Waals surface area contributed by atoms with E-state index < -0.39 is 47.8 Å². The molecule has 142 valence electrons. The third-order valence-electron chi connectivity index (χ3n) is 3.11. The van der Waals surface area contributed by atoms with E-state index >= 15 is 0 Å². The van der Waals surface area contributed by atoms with Crippen molar-refractivity contribution < 1.29 is 39.3 Å². The molecule has 0 aromatic heterocycles. The van der Waals surface area contributed by atoms with Crippen molar-refractivity contribution in [3.8, 4) is 0 Å². The van der Waals surface area contributed by atoms with Gasteiger partial charge in [0, 0.05) is 18.6 Å². The summed E-state index contributed by atoms with van der Waals surface area (Å²) in [7, 11) is 0. The van der Waals surface area contributed by atoms with Crippen molar-refractivity contribution >= 4 is 42.4 Å². The summed E-state index contributed by atoms with van der Waals surface area (Å²) in [6.45, 7) is 0. The average Bonchev–Trinajstić information content (AvgIpc) is 2.53. The number of amides is 2. The first-order chi connectivity index (χ1) is 11.6. The summed E-state index contributed by atoms with van der Waals surface area (Å²) in [6, 6.07) is -3.82. The minimum Gasteiger partial charge on any atom is -0.480 e. The lowest BCUT2D eigenvalue weighted by Gasteiger charge is -2.16. The number of hydrogen-bond donors (Lipinski definition) is 7. The van der Waals surface area contributed by atoms with Gasteiger partial charge < -0.3 is 31.7 Å². The summed E-state index contributed by atoms with van der Waals surface area (Å²) in [6.07, 6.45) is -1.05. The molecule has 25 heavy (non-hydrogen) atoms. The first-order valence-electron chi connectivity index (χ1n) is 7.22. The highest BCUT2D eigenvalue weighted by atomic mass is 32.1. The van der Waals surface area contributed by atoms with Gasteiger partial charge in [-0.15, -0.1) is 0 Å². The van der Waals surface area contributed by atoms with Crippen LogP contribution in [0.1, 0.15) is 25.7 Å². The van der Waals surface area contributed by atoms with Gasteiger partial charge in [0.2, 0.25) is 11.8 Å². The number of nitrogens with one attached hydrogen (secondary N) is 2. The van der Waals surface area contributed by atoms with Gasteiger partial charge in [-0.05, 0) is 12.8 Å². The Labute approximate surface area is 148 Å². The highest BCUT2D eigenvalue weighted by molar-refractivity contribution is 7.80. The van der Waals surface area contributed by atoms with E-state index in [1.807, 2.05) is 0 Å². The smallest absolute Gasteiger partial charge is 0.327 e. The highest BCUT2D eigenvalue weighted by Crippen LogP contribution is 2.02. The molecule has 3 atom stereocenters. The highest BCUT2D eigenvalue weighted by Gasteiger charge is 2.23. The predicted molar refractivity (Wildman–Crippen MR) is 87.1 cm³/mol. The van der Waals surface area contributed by atoms with Gasteiger partial charge in [0.05, 0.1) is 0 Å². The Kier molecular flexibility index (Phi) is 10.2. The van der Waals surface area contributed by atoms with Crippen LogP contribution >= 0.6 is 12.6 Å². The fraction of sp³-hybridized carbons (Fsp3) is 0.615. The second-order valence-electron chi connectivity index (χ2n) is 5.12. The molecule has 0 rings (SSSR count). The van der Waals surface area contributed by atoms with Gasteiger partial charge in [-0.2, -0.15) is 12.6 Å². The van der Waals surface area contributed by atoms with Gasteiger partial charge in [-0.25, -0.2) is 9.59 Å². The number of carboxylic acid groups (broad SMARTS) is 3. The maximum Gasteiger partial charge on any atom is 0.327 e. The van der Waals surface area contributed by atoms with Crippen LogP contribution in [-0.4, -0.2) is 68.9 Å². The molecule has 0 saturated carbocycles. The molecule has 0 radical (unpaired) electrons. The Morgan fingerprint density at radius 1 is 0.800 bits per heavy atom. The van der Waals surface area contributed by atoms with Crippen LogP contribution in [0.15, 0.2) is 0 Å². The molecule has 7 N–H and O–H groups in total. The molecule has 0 aromatic carbocycles. The van der Waals surface area contributed by atoms with Gasteiger partial charge in [0.25, 0.3) is 0 Å². The van der Waals surface area contributed by atoms with Crippen molar-refractivity contribution in [2.24, 2.45) is 5.73 Å². The van der Waals surface area contributed by atoms with Crippen LogP contribution in [0.2, 0.25) is 0 Å². The van der Waals surface area contributed by atoms with E-state index in [1.54, 1.807) is 0 Å². The van der Waals surface area contributed by atoms with Crippen molar-refractivity contribution in [2.75, 3.05) is 5.75 Å². The van der Waals surface area contributed by atoms with Gasteiger partial charge in [-0.1, -0.05) is 0 Å². The van der Waals surface area contributed by atoms with E-state index in [2.05, 4.69) is 23.3 Å². The van der Waals surface area contributed by atoms with Crippen LogP contribution in [0.4, 0.5) is 0 Å². The predicted octanol–water partition coefficient (Wildman–Crippen LogP) is -1.97. The lowest BCUT2D eigenvalue weighted by atomic mass is 10.1. The van der Waals surface area contributed by atoms with E-state index in [-0.39, 0.29) is 31.4 Å². The molecule has 0 spiro atoms. The molecule has 0 aliphatic carbocycles. The number of carbonyl (C=O) groups is 5.